The molecule has 0 spiro atoms. The van der Waals surface area contributed by atoms with Crippen molar-refractivity contribution in [2.75, 3.05) is 24.5 Å². The molecule has 6 nitrogen and oxygen atoms in total. The molecule has 0 unspecified atom stereocenters. The number of amides is 1. The van der Waals surface area contributed by atoms with Gasteiger partial charge >= 0.3 is 6.09 Å². The fourth-order valence-electron chi connectivity index (χ4n) is 2.34. The van der Waals surface area contributed by atoms with Crippen LogP contribution in [-0.2, 0) is 0 Å². The summed E-state index contributed by atoms with van der Waals surface area (Å²) in [6, 6.07) is 1.86. The lowest BCUT2D eigenvalue weighted by Gasteiger charge is -2.32. The highest BCUT2D eigenvalue weighted by atomic mass is 35.5. The van der Waals surface area contributed by atoms with Gasteiger partial charge in [-0.3, -0.25) is 0 Å². The summed E-state index contributed by atoms with van der Waals surface area (Å²) in [5.41, 5.74) is 0. The number of hydrogen-bond donors (Lipinski definition) is 2. The zero-order chi connectivity index (χ0) is 13.7. The minimum atomic E-state index is -0.951. The third kappa shape index (κ3) is 4.24. The highest BCUT2D eigenvalue weighted by Gasteiger charge is 2.20. The molecule has 1 aromatic rings. The molecule has 2 rings (SSSR count). The van der Waals surface area contributed by atoms with E-state index in [0.717, 1.165) is 38.2 Å². The standard InChI is InChI=1S/C12H17ClN4O2/c13-11-14-6-2-10(16-11)17-7-3-9(4-8-17)1-5-15-12(18)19/h2,6,9,15H,1,3-5,7-8H2,(H,18,19). The lowest BCUT2D eigenvalue weighted by atomic mass is 9.93. The number of nitrogens with zero attached hydrogens (tertiary/aromatic N) is 3. The van der Waals surface area contributed by atoms with Crippen LogP contribution in [0.1, 0.15) is 19.3 Å². The van der Waals surface area contributed by atoms with Gasteiger partial charge in [0.2, 0.25) is 5.28 Å². The van der Waals surface area contributed by atoms with Crippen molar-refractivity contribution in [1.82, 2.24) is 15.3 Å². The summed E-state index contributed by atoms with van der Waals surface area (Å²) in [7, 11) is 0. The second-order valence-corrected chi connectivity index (χ2v) is 4.97. The first-order valence-electron chi connectivity index (χ1n) is 6.35. The first kappa shape index (κ1) is 13.9. The van der Waals surface area contributed by atoms with Gasteiger partial charge in [0.25, 0.3) is 0 Å². The summed E-state index contributed by atoms with van der Waals surface area (Å²) >= 11 is 5.78. The first-order valence-corrected chi connectivity index (χ1v) is 6.73. The van der Waals surface area contributed by atoms with Crippen molar-refractivity contribution in [3.8, 4) is 0 Å². The second-order valence-electron chi connectivity index (χ2n) is 4.63. The van der Waals surface area contributed by atoms with Crippen molar-refractivity contribution in [1.29, 1.82) is 0 Å². The van der Waals surface area contributed by atoms with Crippen LogP contribution >= 0.6 is 11.6 Å². The zero-order valence-corrected chi connectivity index (χ0v) is 11.3. The molecule has 0 atom stereocenters. The van der Waals surface area contributed by atoms with E-state index in [2.05, 4.69) is 20.2 Å². The van der Waals surface area contributed by atoms with Crippen LogP contribution in [0.3, 0.4) is 0 Å². The summed E-state index contributed by atoms with van der Waals surface area (Å²) in [6.45, 7) is 2.37. The molecule has 0 bridgehead atoms. The van der Waals surface area contributed by atoms with Crippen molar-refractivity contribution in [3.05, 3.63) is 17.5 Å². The molecule has 1 fully saturated rings. The highest BCUT2D eigenvalue weighted by molar-refractivity contribution is 6.28. The molecular formula is C12H17ClN4O2. The Morgan fingerprint density at radius 2 is 2.26 bits per heavy atom. The Balaban J connectivity index is 1.77. The molecule has 1 saturated heterocycles. The van der Waals surface area contributed by atoms with Gasteiger partial charge in [0.05, 0.1) is 0 Å². The first-order chi connectivity index (χ1) is 9.15. The summed E-state index contributed by atoms with van der Waals surface area (Å²) in [4.78, 5) is 20.6. The van der Waals surface area contributed by atoms with Gasteiger partial charge in [0.1, 0.15) is 5.82 Å². The average molecular weight is 285 g/mol. The monoisotopic (exact) mass is 284 g/mol. The largest absolute Gasteiger partial charge is 0.465 e. The Kier molecular flexibility index (Phi) is 4.79. The molecule has 7 heteroatoms. The summed E-state index contributed by atoms with van der Waals surface area (Å²) in [5.74, 6) is 1.43. The van der Waals surface area contributed by atoms with E-state index in [1.54, 1.807) is 6.20 Å². The minimum absolute atomic E-state index is 0.269. The lowest BCUT2D eigenvalue weighted by Crippen LogP contribution is -2.35. The van der Waals surface area contributed by atoms with E-state index in [-0.39, 0.29) is 5.28 Å². The molecule has 1 amide bonds. The van der Waals surface area contributed by atoms with Crippen LogP contribution in [0, 0.1) is 5.92 Å². The van der Waals surface area contributed by atoms with Crippen LogP contribution < -0.4 is 10.2 Å². The van der Waals surface area contributed by atoms with Crippen molar-refractivity contribution < 1.29 is 9.90 Å². The van der Waals surface area contributed by atoms with Crippen LogP contribution in [-0.4, -0.2) is 40.8 Å². The van der Waals surface area contributed by atoms with E-state index < -0.39 is 6.09 Å². The van der Waals surface area contributed by atoms with E-state index in [9.17, 15) is 4.79 Å². The molecule has 104 valence electrons. The number of carboxylic acid groups (broad SMARTS) is 1. The van der Waals surface area contributed by atoms with E-state index in [0.29, 0.717) is 12.5 Å². The highest BCUT2D eigenvalue weighted by Crippen LogP contribution is 2.23. The fraction of sp³-hybridized carbons (Fsp3) is 0.583. The summed E-state index contributed by atoms with van der Waals surface area (Å²) in [5, 5.41) is 11.2. The van der Waals surface area contributed by atoms with Gasteiger partial charge in [0, 0.05) is 25.8 Å². The van der Waals surface area contributed by atoms with Crippen molar-refractivity contribution in [3.63, 3.8) is 0 Å². The van der Waals surface area contributed by atoms with Gasteiger partial charge in [-0.25, -0.2) is 14.8 Å². The minimum Gasteiger partial charge on any atom is -0.465 e. The van der Waals surface area contributed by atoms with Crippen molar-refractivity contribution in [2.45, 2.75) is 19.3 Å². The molecular weight excluding hydrogens is 268 g/mol. The molecule has 0 aromatic carbocycles. The van der Waals surface area contributed by atoms with Gasteiger partial charge in [-0.05, 0) is 42.8 Å². The molecule has 1 aromatic heterocycles. The van der Waals surface area contributed by atoms with Gasteiger partial charge in [0.15, 0.2) is 0 Å². The Bertz CT molecular complexity index is 435. The molecule has 2 heterocycles. The molecule has 0 saturated carbocycles. The molecule has 2 N–H and O–H groups in total. The van der Waals surface area contributed by atoms with E-state index in [1.165, 1.54) is 0 Å². The number of halogens is 1. The van der Waals surface area contributed by atoms with Gasteiger partial charge < -0.3 is 15.3 Å². The quantitative estimate of drug-likeness (QED) is 0.827. The van der Waals surface area contributed by atoms with Crippen LogP contribution in [0.2, 0.25) is 5.28 Å². The summed E-state index contributed by atoms with van der Waals surface area (Å²) in [6.07, 6.45) is 3.69. The van der Waals surface area contributed by atoms with Crippen molar-refractivity contribution >= 4 is 23.5 Å². The van der Waals surface area contributed by atoms with Gasteiger partial charge in [-0.2, -0.15) is 0 Å². The topological polar surface area (TPSA) is 78.4 Å². The maximum atomic E-state index is 10.4. The SMILES string of the molecule is O=C(O)NCCC1CCN(c2ccnc(Cl)n2)CC1. The number of rotatable bonds is 4. The lowest BCUT2D eigenvalue weighted by molar-refractivity contribution is 0.193. The van der Waals surface area contributed by atoms with Crippen LogP contribution in [0.25, 0.3) is 0 Å². The third-order valence-electron chi connectivity index (χ3n) is 3.38. The number of piperidine rings is 1. The van der Waals surface area contributed by atoms with Crippen LogP contribution in [0.15, 0.2) is 12.3 Å². The Labute approximate surface area is 116 Å². The molecule has 19 heavy (non-hydrogen) atoms. The van der Waals surface area contributed by atoms with E-state index in [1.807, 2.05) is 6.07 Å². The predicted molar refractivity (Wildman–Crippen MR) is 72.6 cm³/mol. The Morgan fingerprint density at radius 1 is 1.53 bits per heavy atom. The third-order valence-corrected chi connectivity index (χ3v) is 3.56. The molecule has 1 aliphatic heterocycles. The fourth-order valence-corrected chi connectivity index (χ4v) is 2.48. The average Bonchev–Trinajstić information content (AvgIpc) is 2.39. The number of anilines is 1. The Morgan fingerprint density at radius 3 is 2.89 bits per heavy atom. The van der Waals surface area contributed by atoms with E-state index in [4.69, 9.17) is 16.7 Å². The number of hydrogen-bond acceptors (Lipinski definition) is 4. The Hall–Kier alpha value is -1.56. The smallest absolute Gasteiger partial charge is 0.404 e. The van der Waals surface area contributed by atoms with Crippen LogP contribution in [0.5, 0.6) is 0 Å². The number of nitrogens with one attached hydrogen (secondary N) is 1. The van der Waals surface area contributed by atoms with Crippen LogP contribution in [0.4, 0.5) is 10.6 Å². The maximum absolute atomic E-state index is 10.4. The molecule has 0 radical (unpaired) electrons. The normalized spacial score (nSPS) is 16.4. The second kappa shape index (κ2) is 6.56. The van der Waals surface area contributed by atoms with Gasteiger partial charge in [-0.1, -0.05) is 0 Å². The maximum Gasteiger partial charge on any atom is 0.404 e. The summed E-state index contributed by atoms with van der Waals surface area (Å²) < 4.78 is 0. The predicted octanol–water partition coefficient (Wildman–Crippen LogP) is 2.00. The van der Waals surface area contributed by atoms with Gasteiger partial charge in [-0.15, -0.1) is 0 Å². The number of carbonyl (C=O) groups is 1. The molecule has 0 aliphatic carbocycles. The van der Waals surface area contributed by atoms with Crippen molar-refractivity contribution in [2.24, 2.45) is 5.92 Å². The number of aromatic nitrogens is 2. The molecule has 1 aliphatic rings. The van der Waals surface area contributed by atoms with E-state index >= 15 is 0 Å². The zero-order valence-electron chi connectivity index (χ0n) is 10.5.